The van der Waals surface area contributed by atoms with Gasteiger partial charge in [0.25, 0.3) is 0 Å². The molecule has 0 saturated heterocycles. The molecular formula is C19H24N4O6. The summed E-state index contributed by atoms with van der Waals surface area (Å²) in [5, 5.41) is 7.41. The lowest BCUT2D eigenvalue weighted by Gasteiger charge is -2.29. The molecule has 3 rings (SSSR count). The zero-order valence-electron chi connectivity index (χ0n) is 17.0. The van der Waals surface area contributed by atoms with Crippen LogP contribution in [0.1, 0.15) is 18.5 Å². The van der Waals surface area contributed by atoms with Gasteiger partial charge in [-0.3, -0.25) is 0 Å². The third-order valence-corrected chi connectivity index (χ3v) is 4.47. The molecule has 1 aromatic heterocycles. The minimum absolute atomic E-state index is 0.169. The smallest absolute Gasteiger partial charge is 0.338 e. The minimum Gasteiger partial charge on any atom is -0.493 e. The van der Waals surface area contributed by atoms with Crippen LogP contribution in [0.15, 0.2) is 29.7 Å². The van der Waals surface area contributed by atoms with Crippen LogP contribution in [0.25, 0.3) is 0 Å². The van der Waals surface area contributed by atoms with Crippen LogP contribution < -0.4 is 19.5 Å². The maximum absolute atomic E-state index is 12.9. The maximum Gasteiger partial charge on any atom is 0.338 e. The Morgan fingerprint density at radius 2 is 1.83 bits per heavy atom. The Hall–Kier alpha value is -3.27. The van der Waals surface area contributed by atoms with Gasteiger partial charge in [0.2, 0.25) is 11.7 Å². The molecule has 29 heavy (non-hydrogen) atoms. The van der Waals surface area contributed by atoms with Gasteiger partial charge in [-0.25, -0.2) is 9.48 Å². The predicted molar refractivity (Wildman–Crippen MR) is 103 cm³/mol. The van der Waals surface area contributed by atoms with Gasteiger partial charge in [0, 0.05) is 7.11 Å². The molecule has 10 nitrogen and oxygen atoms in total. The highest BCUT2D eigenvalue weighted by Gasteiger charge is 2.36. The summed E-state index contributed by atoms with van der Waals surface area (Å²) in [7, 11) is 6.14. The van der Waals surface area contributed by atoms with Crippen LogP contribution in [0.2, 0.25) is 0 Å². The molecule has 0 spiro atoms. The number of ether oxygens (including phenoxy) is 5. The van der Waals surface area contributed by atoms with Gasteiger partial charge in [0.05, 0.1) is 45.8 Å². The SMILES string of the molecule is CCOC(=O)C1=C(COC)Nc2ncnn2C1c1cc(OC)c(OC)c(OC)c1. The topological polar surface area (TPSA) is 106 Å². The van der Waals surface area contributed by atoms with E-state index in [1.165, 1.54) is 27.7 Å². The first-order chi connectivity index (χ1) is 14.1. The lowest BCUT2D eigenvalue weighted by atomic mass is 9.94. The molecule has 156 valence electrons. The van der Waals surface area contributed by atoms with Crippen LogP contribution in [0.5, 0.6) is 17.2 Å². The standard InChI is InChI=1S/C19H24N4O6/c1-6-29-18(24)15-12(9-25-2)22-19-20-10-21-23(19)16(15)11-7-13(26-3)17(28-5)14(8-11)27-4/h7-8,10,16H,6,9H2,1-5H3,(H,20,21,22). The molecule has 10 heteroatoms. The summed E-state index contributed by atoms with van der Waals surface area (Å²) < 4.78 is 28.6. The number of benzene rings is 1. The van der Waals surface area contributed by atoms with Gasteiger partial charge in [-0.05, 0) is 24.6 Å². The van der Waals surface area contributed by atoms with Crippen LogP contribution in [0.4, 0.5) is 5.95 Å². The molecule has 0 aliphatic carbocycles. The van der Waals surface area contributed by atoms with Crippen LogP contribution in [-0.2, 0) is 14.3 Å². The number of fused-ring (bicyclic) bond motifs is 1. The molecule has 0 bridgehead atoms. The summed E-state index contributed by atoms with van der Waals surface area (Å²) in [5.74, 6) is 1.36. The third-order valence-electron chi connectivity index (χ3n) is 4.47. The Kier molecular flexibility index (Phi) is 6.23. The first-order valence-corrected chi connectivity index (χ1v) is 8.95. The van der Waals surface area contributed by atoms with Crippen molar-refractivity contribution < 1.29 is 28.5 Å². The molecule has 0 amide bonds. The summed E-state index contributed by atoms with van der Waals surface area (Å²) in [6.45, 7) is 2.15. The van der Waals surface area contributed by atoms with Crippen molar-refractivity contribution in [1.82, 2.24) is 14.8 Å². The lowest BCUT2D eigenvalue weighted by Crippen LogP contribution is -2.32. The minimum atomic E-state index is -0.633. The molecule has 0 radical (unpaired) electrons. The van der Waals surface area contributed by atoms with E-state index in [2.05, 4.69) is 15.4 Å². The highest BCUT2D eigenvalue weighted by Crippen LogP contribution is 2.43. The van der Waals surface area contributed by atoms with Crippen molar-refractivity contribution in [2.75, 3.05) is 47.0 Å². The Bertz CT molecular complexity index is 898. The number of nitrogens with zero attached hydrogens (tertiary/aromatic N) is 3. The van der Waals surface area contributed by atoms with E-state index in [0.717, 1.165) is 0 Å². The molecule has 1 aliphatic rings. The zero-order valence-corrected chi connectivity index (χ0v) is 17.0. The fourth-order valence-electron chi connectivity index (χ4n) is 3.29. The molecule has 0 saturated carbocycles. The summed E-state index contributed by atoms with van der Waals surface area (Å²) in [5.41, 5.74) is 1.59. The molecular weight excluding hydrogens is 380 g/mol. The summed E-state index contributed by atoms with van der Waals surface area (Å²) in [6, 6.07) is 2.91. The second kappa shape index (κ2) is 8.82. The van der Waals surface area contributed by atoms with E-state index in [9.17, 15) is 4.79 Å². The van der Waals surface area contributed by atoms with Gasteiger partial charge >= 0.3 is 5.97 Å². The summed E-state index contributed by atoms with van der Waals surface area (Å²) >= 11 is 0. The number of rotatable bonds is 8. The van der Waals surface area contributed by atoms with Crippen LogP contribution in [-0.4, -0.2) is 62.4 Å². The molecule has 1 unspecified atom stereocenters. The predicted octanol–water partition coefficient (Wildman–Crippen LogP) is 1.78. The number of methoxy groups -OCH3 is 4. The van der Waals surface area contributed by atoms with Gasteiger partial charge in [-0.1, -0.05) is 0 Å². The van der Waals surface area contributed by atoms with Gasteiger partial charge in [0.1, 0.15) is 12.4 Å². The molecule has 1 aromatic carbocycles. The van der Waals surface area contributed by atoms with E-state index < -0.39 is 12.0 Å². The average Bonchev–Trinajstić information content (AvgIpc) is 3.20. The van der Waals surface area contributed by atoms with E-state index >= 15 is 0 Å². The first-order valence-electron chi connectivity index (χ1n) is 8.95. The van der Waals surface area contributed by atoms with Crippen LogP contribution in [0.3, 0.4) is 0 Å². The Morgan fingerprint density at radius 1 is 1.14 bits per heavy atom. The lowest BCUT2D eigenvalue weighted by molar-refractivity contribution is -0.139. The largest absolute Gasteiger partial charge is 0.493 e. The highest BCUT2D eigenvalue weighted by atomic mass is 16.5. The van der Waals surface area contributed by atoms with Gasteiger partial charge in [0.15, 0.2) is 11.5 Å². The Labute approximate surface area is 168 Å². The second-order valence-corrected chi connectivity index (χ2v) is 6.06. The molecule has 2 aromatic rings. The number of carbonyl (C=O) groups is 1. The average molecular weight is 404 g/mol. The number of esters is 1. The maximum atomic E-state index is 12.9. The Morgan fingerprint density at radius 3 is 2.38 bits per heavy atom. The van der Waals surface area contributed by atoms with Crippen LogP contribution in [0, 0.1) is 0 Å². The number of hydrogen-bond donors (Lipinski definition) is 1. The highest BCUT2D eigenvalue weighted by molar-refractivity contribution is 5.92. The number of aromatic nitrogens is 3. The van der Waals surface area contributed by atoms with Gasteiger partial charge < -0.3 is 29.0 Å². The number of hydrogen-bond acceptors (Lipinski definition) is 9. The van der Waals surface area contributed by atoms with E-state index in [-0.39, 0.29) is 13.2 Å². The quantitative estimate of drug-likeness (QED) is 0.659. The van der Waals surface area contributed by atoms with Crippen molar-refractivity contribution in [2.24, 2.45) is 0 Å². The molecule has 1 atom stereocenters. The third kappa shape index (κ3) is 3.70. The fraction of sp³-hybridized carbons (Fsp3) is 0.421. The van der Waals surface area contributed by atoms with Gasteiger partial charge in [-0.2, -0.15) is 10.1 Å². The number of carbonyl (C=O) groups excluding carboxylic acids is 1. The second-order valence-electron chi connectivity index (χ2n) is 6.06. The van der Waals surface area contributed by atoms with E-state index in [0.29, 0.717) is 40.0 Å². The molecule has 1 N–H and O–H groups in total. The number of anilines is 1. The van der Waals surface area contributed by atoms with Crippen molar-refractivity contribution >= 4 is 11.9 Å². The molecule has 1 aliphatic heterocycles. The van der Waals surface area contributed by atoms with E-state index in [1.807, 2.05) is 0 Å². The first kappa shape index (κ1) is 20.5. The van der Waals surface area contributed by atoms with Crippen molar-refractivity contribution in [1.29, 1.82) is 0 Å². The van der Waals surface area contributed by atoms with Crippen molar-refractivity contribution in [3.63, 3.8) is 0 Å². The fourth-order valence-corrected chi connectivity index (χ4v) is 3.29. The van der Waals surface area contributed by atoms with Gasteiger partial charge in [-0.15, -0.1) is 0 Å². The van der Waals surface area contributed by atoms with E-state index in [4.69, 9.17) is 23.7 Å². The summed E-state index contributed by atoms with van der Waals surface area (Å²) in [4.78, 5) is 17.1. The molecule has 2 heterocycles. The van der Waals surface area contributed by atoms with Crippen molar-refractivity contribution in [3.05, 3.63) is 35.3 Å². The Balaban J connectivity index is 2.25. The van der Waals surface area contributed by atoms with Crippen LogP contribution >= 0.6 is 0 Å². The molecule has 0 fully saturated rings. The number of nitrogens with one attached hydrogen (secondary N) is 1. The van der Waals surface area contributed by atoms with E-state index in [1.54, 1.807) is 30.8 Å². The monoisotopic (exact) mass is 404 g/mol. The normalized spacial score (nSPS) is 15.4. The zero-order chi connectivity index (χ0) is 21.0. The van der Waals surface area contributed by atoms with Crippen molar-refractivity contribution in [2.45, 2.75) is 13.0 Å². The van der Waals surface area contributed by atoms with Crippen molar-refractivity contribution in [3.8, 4) is 17.2 Å². The summed E-state index contributed by atoms with van der Waals surface area (Å²) in [6.07, 6.45) is 1.41.